The molecule has 1 aromatic heterocycles. The minimum Gasteiger partial charge on any atom is -0.239 e. The molecule has 2 nitrogen and oxygen atoms in total. The molecule has 16 heavy (non-hydrogen) atoms. The van der Waals surface area contributed by atoms with E-state index in [0.29, 0.717) is 0 Å². The molecule has 2 aromatic rings. The van der Waals surface area contributed by atoms with Gasteiger partial charge in [0.2, 0.25) is 0 Å². The quantitative estimate of drug-likeness (QED) is 0.722. The molecule has 7 heteroatoms. The van der Waals surface area contributed by atoms with E-state index in [1.807, 2.05) is 0 Å². The van der Waals surface area contributed by atoms with Gasteiger partial charge in [-0.3, -0.25) is 0 Å². The molecule has 2 rings (SSSR count). The Kier molecular flexibility index (Phi) is 2.67. The maximum atomic E-state index is 12.5. The Balaban J connectivity index is 2.74. The van der Waals surface area contributed by atoms with Crippen LogP contribution in [-0.4, -0.2) is 9.97 Å². The molecule has 0 aliphatic rings. The average molecular weight is 267 g/mol. The van der Waals surface area contributed by atoms with Gasteiger partial charge in [-0.25, -0.2) is 9.97 Å². The van der Waals surface area contributed by atoms with Crippen LogP contribution in [-0.2, 0) is 6.18 Å². The molecule has 0 aliphatic carbocycles. The number of rotatable bonds is 0. The molecule has 0 spiro atoms. The number of hydrogen-bond donors (Lipinski definition) is 0. The summed E-state index contributed by atoms with van der Waals surface area (Å²) in [6, 6.07) is 4.26. The zero-order valence-corrected chi connectivity index (χ0v) is 9.03. The molecule has 0 atom stereocenters. The Morgan fingerprint density at radius 1 is 1.00 bits per heavy atom. The second kappa shape index (κ2) is 3.75. The van der Waals surface area contributed by atoms with Crippen molar-refractivity contribution in [3.8, 4) is 0 Å². The number of aromatic nitrogens is 2. The minimum absolute atomic E-state index is 0.0595. The van der Waals surface area contributed by atoms with E-state index in [0.717, 1.165) is 0 Å². The lowest BCUT2D eigenvalue weighted by Crippen LogP contribution is -2.10. The number of benzene rings is 1. The van der Waals surface area contributed by atoms with Crippen LogP contribution < -0.4 is 0 Å². The van der Waals surface area contributed by atoms with Crippen molar-refractivity contribution in [2.24, 2.45) is 0 Å². The summed E-state index contributed by atoms with van der Waals surface area (Å²) in [6.07, 6.45) is -4.62. The zero-order valence-electron chi connectivity index (χ0n) is 7.52. The molecule has 1 heterocycles. The molecule has 0 radical (unpaired) electrons. The smallest absolute Gasteiger partial charge is 0.239 e. The summed E-state index contributed by atoms with van der Waals surface area (Å²) in [7, 11) is 0. The molecule has 0 saturated carbocycles. The molecule has 1 aromatic carbocycles. The molecule has 0 fully saturated rings. The first kappa shape index (κ1) is 11.4. The lowest BCUT2D eigenvalue weighted by atomic mass is 10.3. The Bertz CT molecular complexity index is 554. The maximum Gasteiger partial charge on any atom is 0.436 e. The van der Waals surface area contributed by atoms with Crippen LogP contribution in [0.4, 0.5) is 13.2 Å². The summed E-state index contributed by atoms with van der Waals surface area (Å²) in [4.78, 5) is 7.01. The fraction of sp³-hybridized carbons (Fsp3) is 0.111. The lowest BCUT2D eigenvalue weighted by Gasteiger charge is -2.08. The van der Waals surface area contributed by atoms with Gasteiger partial charge < -0.3 is 0 Å². The van der Waals surface area contributed by atoms with Gasteiger partial charge in [0.1, 0.15) is 0 Å². The Labute approximate surface area is 98.0 Å². The van der Waals surface area contributed by atoms with Gasteiger partial charge in [-0.1, -0.05) is 23.2 Å². The first-order valence-corrected chi connectivity index (χ1v) is 4.83. The van der Waals surface area contributed by atoms with Crippen LogP contribution in [0.3, 0.4) is 0 Å². The van der Waals surface area contributed by atoms with Crippen molar-refractivity contribution in [2.45, 2.75) is 6.18 Å². The first-order valence-electron chi connectivity index (χ1n) is 4.08. The van der Waals surface area contributed by atoms with Gasteiger partial charge in [0, 0.05) is 5.02 Å². The average Bonchev–Trinajstić information content (AvgIpc) is 2.16. The highest BCUT2D eigenvalue weighted by atomic mass is 35.5. The molecule has 0 saturated heterocycles. The lowest BCUT2D eigenvalue weighted by molar-refractivity contribution is -0.141. The Morgan fingerprint density at radius 3 is 2.31 bits per heavy atom. The number of alkyl halides is 3. The molecule has 0 aliphatic heterocycles. The normalized spacial score (nSPS) is 12.1. The topological polar surface area (TPSA) is 25.8 Å². The standard InChI is InChI=1S/C9H3Cl2F3N2/c10-4-1-2-5-6(3-4)15-7(8(11)16-5)9(12,13)14/h1-3H. The van der Waals surface area contributed by atoms with E-state index < -0.39 is 17.0 Å². The molecule has 0 bridgehead atoms. The minimum atomic E-state index is -4.62. The molecule has 0 amide bonds. The van der Waals surface area contributed by atoms with E-state index in [9.17, 15) is 13.2 Å². The highest BCUT2D eigenvalue weighted by molar-refractivity contribution is 6.31. The van der Waals surface area contributed by atoms with Crippen molar-refractivity contribution in [3.63, 3.8) is 0 Å². The fourth-order valence-corrected chi connectivity index (χ4v) is 1.59. The maximum absolute atomic E-state index is 12.5. The molecular weight excluding hydrogens is 264 g/mol. The Morgan fingerprint density at radius 2 is 1.69 bits per heavy atom. The van der Waals surface area contributed by atoms with Gasteiger partial charge in [-0.15, -0.1) is 0 Å². The highest BCUT2D eigenvalue weighted by Gasteiger charge is 2.36. The molecule has 84 valence electrons. The summed E-state index contributed by atoms with van der Waals surface area (Å²) < 4.78 is 37.4. The summed E-state index contributed by atoms with van der Waals surface area (Å²) >= 11 is 11.0. The second-order valence-corrected chi connectivity index (χ2v) is 3.79. The van der Waals surface area contributed by atoms with Crippen LogP contribution in [0, 0.1) is 0 Å². The summed E-state index contributed by atoms with van der Waals surface area (Å²) in [6.45, 7) is 0. The zero-order chi connectivity index (χ0) is 11.9. The molecular formula is C9H3Cl2F3N2. The van der Waals surface area contributed by atoms with E-state index in [1.165, 1.54) is 18.2 Å². The predicted octanol–water partition coefficient (Wildman–Crippen LogP) is 3.96. The van der Waals surface area contributed by atoms with Gasteiger partial charge in [0.15, 0.2) is 10.8 Å². The van der Waals surface area contributed by atoms with Crippen LogP contribution in [0.1, 0.15) is 5.69 Å². The summed E-state index contributed by atoms with van der Waals surface area (Å²) in [5.41, 5.74) is -0.879. The van der Waals surface area contributed by atoms with Crippen LogP contribution >= 0.6 is 23.2 Å². The Hall–Kier alpha value is -1.07. The predicted molar refractivity (Wildman–Crippen MR) is 54.6 cm³/mol. The van der Waals surface area contributed by atoms with Crippen molar-refractivity contribution in [1.29, 1.82) is 0 Å². The van der Waals surface area contributed by atoms with Crippen molar-refractivity contribution >= 4 is 34.2 Å². The van der Waals surface area contributed by atoms with Crippen LogP contribution in [0.5, 0.6) is 0 Å². The van der Waals surface area contributed by atoms with Gasteiger partial charge in [0.25, 0.3) is 0 Å². The van der Waals surface area contributed by atoms with Gasteiger partial charge in [0.05, 0.1) is 11.0 Å². The van der Waals surface area contributed by atoms with E-state index in [1.54, 1.807) is 0 Å². The van der Waals surface area contributed by atoms with Gasteiger partial charge in [-0.05, 0) is 18.2 Å². The summed E-state index contributed by atoms with van der Waals surface area (Å²) in [5, 5.41) is -0.375. The van der Waals surface area contributed by atoms with E-state index in [-0.39, 0.29) is 16.1 Å². The van der Waals surface area contributed by atoms with E-state index in [2.05, 4.69) is 9.97 Å². The van der Waals surface area contributed by atoms with Crippen molar-refractivity contribution < 1.29 is 13.2 Å². The van der Waals surface area contributed by atoms with Crippen LogP contribution in [0.25, 0.3) is 11.0 Å². The van der Waals surface area contributed by atoms with E-state index >= 15 is 0 Å². The summed E-state index contributed by atoms with van der Waals surface area (Å²) in [5.74, 6) is 0. The number of halogens is 5. The second-order valence-electron chi connectivity index (χ2n) is 2.99. The van der Waals surface area contributed by atoms with Crippen molar-refractivity contribution in [3.05, 3.63) is 34.1 Å². The molecule has 0 unspecified atom stereocenters. The highest BCUT2D eigenvalue weighted by Crippen LogP contribution is 2.33. The fourth-order valence-electron chi connectivity index (χ4n) is 1.19. The number of hydrogen-bond acceptors (Lipinski definition) is 2. The van der Waals surface area contributed by atoms with Crippen molar-refractivity contribution in [1.82, 2.24) is 9.97 Å². The van der Waals surface area contributed by atoms with Crippen LogP contribution in [0.15, 0.2) is 18.2 Å². The van der Waals surface area contributed by atoms with Gasteiger partial charge in [-0.2, -0.15) is 13.2 Å². The monoisotopic (exact) mass is 266 g/mol. The van der Waals surface area contributed by atoms with Crippen molar-refractivity contribution in [2.75, 3.05) is 0 Å². The van der Waals surface area contributed by atoms with Crippen LogP contribution in [0.2, 0.25) is 10.2 Å². The first-order chi connectivity index (χ1) is 7.38. The third-order valence-corrected chi connectivity index (χ3v) is 2.35. The third kappa shape index (κ3) is 2.05. The van der Waals surface area contributed by atoms with Gasteiger partial charge >= 0.3 is 6.18 Å². The number of fused-ring (bicyclic) bond motifs is 1. The molecule has 0 N–H and O–H groups in total. The largest absolute Gasteiger partial charge is 0.436 e. The van der Waals surface area contributed by atoms with E-state index in [4.69, 9.17) is 23.2 Å². The number of nitrogens with zero attached hydrogens (tertiary/aromatic N) is 2. The third-order valence-electron chi connectivity index (χ3n) is 1.85. The SMILES string of the molecule is FC(F)(F)c1nc2cc(Cl)ccc2nc1Cl.